The second-order valence-electron chi connectivity index (χ2n) is 4.37. The number of thiazole rings is 1. The molecule has 1 rings (SSSR count). The zero-order valence-corrected chi connectivity index (χ0v) is 12.8. The second-order valence-corrected chi connectivity index (χ2v) is 5.44. The van der Waals surface area contributed by atoms with Crippen LogP contribution >= 0.6 is 11.3 Å². The van der Waals surface area contributed by atoms with Crippen LogP contribution in [0.5, 0.6) is 0 Å². The van der Waals surface area contributed by atoms with Crippen molar-refractivity contribution in [2.24, 2.45) is 0 Å². The number of imide groups is 1. The second kappa shape index (κ2) is 7.53. The van der Waals surface area contributed by atoms with Crippen LogP contribution in [0.25, 0.3) is 0 Å². The molecule has 8 heteroatoms. The number of aliphatic carboxylic acids is 1. The van der Waals surface area contributed by atoms with Gasteiger partial charge in [-0.25, -0.2) is 14.6 Å². The van der Waals surface area contributed by atoms with Gasteiger partial charge in [0.05, 0.1) is 10.7 Å². The number of amides is 3. The number of nitrogens with zero attached hydrogens (tertiary/aromatic N) is 1. The van der Waals surface area contributed by atoms with Crippen LogP contribution in [0.1, 0.15) is 24.5 Å². The van der Waals surface area contributed by atoms with Crippen molar-refractivity contribution in [1.29, 1.82) is 0 Å². The van der Waals surface area contributed by atoms with Crippen molar-refractivity contribution in [1.82, 2.24) is 15.6 Å². The van der Waals surface area contributed by atoms with Gasteiger partial charge in [-0.2, -0.15) is 0 Å². The lowest BCUT2D eigenvalue weighted by molar-refractivity contribution is -0.133. The Hall–Kier alpha value is -2.22. The Morgan fingerprint density at radius 1 is 1.29 bits per heavy atom. The summed E-state index contributed by atoms with van der Waals surface area (Å²) in [6, 6.07) is -0.663. The van der Waals surface area contributed by atoms with Crippen LogP contribution in [0.2, 0.25) is 0 Å². The lowest BCUT2D eigenvalue weighted by Gasteiger charge is -2.07. The molecule has 3 N–H and O–H groups in total. The molecule has 0 aliphatic heterocycles. The average Bonchev–Trinajstić information content (AvgIpc) is 2.82. The molecule has 114 valence electrons. The van der Waals surface area contributed by atoms with E-state index in [-0.39, 0.29) is 11.1 Å². The van der Waals surface area contributed by atoms with Crippen molar-refractivity contribution in [2.45, 2.75) is 27.2 Å². The fourth-order valence-electron chi connectivity index (χ4n) is 1.40. The number of aromatic nitrogens is 1. The Morgan fingerprint density at radius 3 is 2.48 bits per heavy atom. The quantitative estimate of drug-likeness (QED) is 0.709. The summed E-state index contributed by atoms with van der Waals surface area (Å²) in [5.41, 5.74) is 0.771. The van der Waals surface area contributed by atoms with Crippen LogP contribution in [0.4, 0.5) is 4.79 Å². The van der Waals surface area contributed by atoms with Crippen LogP contribution < -0.4 is 10.6 Å². The van der Waals surface area contributed by atoms with Gasteiger partial charge in [-0.05, 0) is 20.8 Å². The van der Waals surface area contributed by atoms with Gasteiger partial charge >= 0.3 is 12.0 Å². The molecule has 0 fully saturated rings. The molecule has 1 aromatic heterocycles. The molecule has 3 amide bonds. The maximum Gasteiger partial charge on any atom is 0.331 e. The van der Waals surface area contributed by atoms with Gasteiger partial charge in [-0.1, -0.05) is 0 Å². The van der Waals surface area contributed by atoms with Gasteiger partial charge in [0.25, 0.3) is 5.91 Å². The summed E-state index contributed by atoms with van der Waals surface area (Å²) in [7, 11) is 0. The molecule has 0 aromatic carbocycles. The summed E-state index contributed by atoms with van der Waals surface area (Å²) in [5.74, 6) is -1.92. The zero-order chi connectivity index (χ0) is 16.0. The Kier molecular flexibility index (Phi) is 6.04. The predicted octanol–water partition coefficient (Wildman–Crippen LogP) is 1.24. The van der Waals surface area contributed by atoms with Crippen molar-refractivity contribution in [3.05, 3.63) is 27.2 Å². The minimum absolute atomic E-state index is 0.00669. The molecule has 0 saturated carbocycles. The topological polar surface area (TPSA) is 108 Å². The van der Waals surface area contributed by atoms with Crippen molar-refractivity contribution < 1.29 is 19.5 Å². The first-order chi connectivity index (χ1) is 9.81. The number of carbonyl (C=O) groups excluding carboxylic acids is 2. The number of rotatable bonds is 5. The molecular weight excluding hydrogens is 294 g/mol. The fraction of sp³-hybridized carbons (Fsp3) is 0.385. The highest BCUT2D eigenvalue weighted by molar-refractivity contribution is 7.09. The Morgan fingerprint density at radius 2 is 1.95 bits per heavy atom. The van der Waals surface area contributed by atoms with E-state index in [0.29, 0.717) is 13.0 Å². The number of carbonyl (C=O) groups is 3. The Labute approximate surface area is 126 Å². The summed E-state index contributed by atoms with van der Waals surface area (Å²) >= 11 is 1.53. The predicted molar refractivity (Wildman–Crippen MR) is 78.1 cm³/mol. The van der Waals surface area contributed by atoms with Crippen LogP contribution in [0, 0.1) is 6.92 Å². The zero-order valence-electron chi connectivity index (χ0n) is 12.0. The third kappa shape index (κ3) is 5.35. The maximum atomic E-state index is 11.6. The van der Waals surface area contributed by atoms with Crippen molar-refractivity contribution in [2.75, 3.05) is 6.54 Å². The largest absolute Gasteiger partial charge is 0.478 e. The van der Waals surface area contributed by atoms with E-state index in [2.05, 4.69) is 15.6 Å². The first kappa shape index (κ1) is 16.8. The van der Waals surface area contributed by atoms with Gasteiger partial charge in [0.2, 0.25) is 0 Å². The van der Waals surface area contributed by atoms with E-state index >= 15 is 0 Å². The highest BCUT2D eigenvalue weighted by atomic mass is 32.1. The van der Waals surface area contributed by atoms with E-state index < -0.39 is 17.9 Å². The monoisotopic (exact) mass is 311 g/mol. The van der Waals surface area contributed by atoms with E-state index in [0.717, 1.165) is 10.7 Å². The molecule has 0 unspecified atom stereocenters. The van der Waals surface area contributed by atoms with Crippen LogP contribution in [-0.4, -0.2) is 34.5 Å². The molecular formula is C13H17N3O4S. The molecule has 0 atom stereocenters. The molecule has 0 bridgehead atoms. The minimum Gasteiger partial charge on any atom is -0.478 e. The van der Waals surface area contributed by atoms with Crippen molar-refractivity contribution in [3.8, 4) is 0 Å². The normalized spacial score (nSPS) is 11.6. The summed E-state index contributed by atoms with van der Waals surface area (Å²) in [6.07, 6.45) is 0.564. The number of urea groups is 1. The third-order valence-electron chi connectivity index (χ3n) is 2.78. The number of carboxylic acids is 1. The van der Waals surface area contributed by atoms with Gasteiger partial charge in [0.15, 0.2) is 0 Å². The molecule has 1 heterocycles. The Bertz CT molecular complexity index is 592. The van der Waals surface area contributed by atoms with E-state index in [4.69, 9.17) is 5.11 Å². The van der Waals surface area contributed by atoms with Crippen molar-refractivity contribution >= 4 is 29.2 Å². The average molecular weight is 311 g/mol. The molecule has 0 spiro atoms. The smallest absolute Gasteiger partial charge is 0.331 e. The summed E-state index contributed by atoms with van der Waals surface area (Å²) < 4.78 is 0. The van der Waals surface area contributed by atoms with Gasteiger partial charge in [-0.3, -0.25) is 10.1 Å². The summed E-state index contributed by atoms with van der Waals surface area (Å²) in [6.45, 7) is 4.89. The molecule has 0 radical (unpaired) electrons. The van der Waals surface area contributed by atoms with E-state index in [1.165, 1.54) is 25.2 Å². The molecule has 21 heavy (non-hydrogen) atoms. The third-order valence-corrected chi connectivity index (χ3v) is 3.61. The van der Waals surface area contributed by atoms with E-state index in [1.54, 1.807) is 0 Å². The van der Waals surface area contributed by atoms with Gasteiger partial charge < -0.3 is 10.4 Å². The molecule has 1 aromatic rings. The number of nitrogens with one attached hydrogen (secondary N) is 2. The number of hydrogen-bond acceptors (Lipinski definition) is 5. The Balaban J connectivity index is 2.41. The number of carboxylic acid groups (broad SMARTS) is 1. The summed E-state index contributed by atoms with van der Waals surface area (Å²) in [5, 5.41) is 16.2. The molecule has 0 aliphatic carbocycles. The first-order valence-corrected chi connectivity index (χ1v) is 7.10. The van der Waals surface area contributed by atoms with Crippen LogP contribution in [-0.2, 0) is 16.0 Å². The lowest BCUT2D eigenvalue weighted by atomic mass is 10.1. The van der Waals surface area contributed by atoms with Gasteiger partial charge in [-0.15, -0.1) is 11.3 Å². The van der Waals surface area contributed by atoms with Gasteiger partial charge in [0.1, 0.15) is 0 Å². The standard InChI is InChI=1S/C13H17N3O4S/c1-7(8(2)12(18)19)11(17)16-13(20)14-5-4-10-6-21-9(3)15-10/h6H,4-5H2,1-3H3,(H,18,19)(H2,14,16,17,20). The minimum atomic E-state index is -1.19. The van der Waals surface area contributed by atoms with Crippen LogP contribution in [0.3, 0.4) is 0 Å². The first-order valence-electron chi connectivity index (χ1n) is 6.22. The van der Waals surface area contributed by atoms with Gasteiger partial charge in [0, 0.05) is 29.5 Å². The molecule has 0 aliphatic rings. The fourth-order valence-corrected chi connectivity index (χ4v) is 2.05. The van der Waals surface area contributed by atoms with E-state index in [9.17, 15) is 14.4 Å². The molecule has 0 saturated heterocycles. The highest BCUT2D eigenvalue weighted by Gasteiger charge is 2.14. The lowest BCUT2D eigenvalue weighted by Crippen LogP contribution is -2.41. The maximum absolute atomic E-state index is 11.6. The van der Waals surface area contributed by atoms with Crippen LogP contribution in [0.15, 0.2) is 16.5 Å². The number of aryl methyl sites for hydroxylation is 1. The SMILES string of the molecule is CC(C(=O)O)=C(C)C(=O)NC(=O)NCCc1csc(C)n1. The summed E-state index contributed by atoms with van der Waals surface area (Å²) in [4.78, 5) is 38.1. The van der Waals surface area contributed by atoms with E-state index in [1.807, 2.05) is 12.3 Å². The van der Waals surface area contributed by atoms with Crippen molar-refractivity contribution in [3.63, 3.8) is 0 Å². The highest BCUT2D eigenvalue weighted by Crippen LogP contribution is 2.07. The molecule has 7 nitrogen and oxygen atoms in total. The number of hydrogen-bond donors (Lipinski definition) is 3.